The van der Waals surface area contributed by atoms with Gasteiger partial charge >= 0.3 is 5.97 Å². The molecule has 1 N–H and O–H groups in total. The molecule has 0 spiro atoms. The van der Waals surface area contributed by atoms with Gasteiger partial charge in [0.1, 0.15) is 0 Å². The molecule has 0 fully saturated rings. The predicted molar refractivity (Wildman–Crippen MR) is 73.4 cm³/mol. The first-order valence-electron chi connectivity index (χ1n) is 5.71. The molecule has 0 bridgehead atoms. The van der Waals surface area contributed by atoms with Gasteiger partial charge in [0.2, 0.25) is 5.91 Å². The van der Waals surface area contributed by atoms with Gasteiger partial charge in [0.05, 0.1) is 19.3 Å². The number of nitrogens with one attached hydrogen (secondary N) is 1. The van der Waals surface area contributed by atoms with Crippen LogP contribution in [-0.2, 0) is 29.5 Å². The summed E-state index contributed by atoms with van der Waals surface area (Å²) in [5.41, 5.74) is -0.645. The van der Waals surface area contributed by atoms with Crippen molar-refractivity contribution in [2.24, 2.45) is 0 Å². The maximum atomic E-state index is 11.4. The van der Waals surface area contributed by atoms with Crippen LogP contribution >= 0.6 is 0 Å². The third-order valence-electron chi connectivity index (χ3n) is 2.47. The van der Waals surface area contributed by atoms with Gasteiger partial charge in [0.15, 0.2) is 0 Å². The first kappa shape index (κ1) is 18.3. The van der Waals surface area contributed by atoms with Crippen molar-refractivity contribution in [3.8, 4) is 0 Å². The van der Waals surface area contributed by atoms with Crippen molar-refractivity contribution >= 4 is 22.9 Å². The van der Waals surface area contributed by atoms with Gasteiger partial charge in [0.25, 0.3) is 11.0 Å². The third kappa shape index (κ3) is 7.05. The van der Waals surface area contributed by atoms with Crippen molar-refractivity contribution in [2.45, 2.75) is 25.8 Å². The Hall–Kier alpha value is -1.67. The Labute approximate surface area is 119 Å². The predicted octanol–water partition coefficient (Wildman–Crippen LogP) is 0.0997. The number of ether oxygens (including phenoxy) is 1. The van der Waals surface area contributed by atoms with Crippen LogP contribution in [-0.4, -0.2) is 39.5 Å². The second-order valence-electron chi connectivity index (χ2n) is 4.33. The second-order valence-corrected chi connectivity index (χ2v) is 5.04. The topological polar surface area (TPSA) is 98.8 Å². The molecule has 0 rings (SSSR count). The van der Waals surface area contributed by atoms with Gasteiger partial charge < -0.3 is 10.1 Å². The van der Waals surface area contributed by atoms with Crippen LogP contribution in [0, 0.1) is 0 Å². The SMILES string of the molecule is C=CC(=O)NC(C)(CC=C(C)C(=O)OC)CO[SH](=O)=O. The van der Waals surface area contributed by atoms with E-state index >= 15 is 0 Å². The van der Waals surface area contributed by atoms with Crippen LogP contribution in [0.5, 0.6) is 0 Å². The molecule has 0 aromatic rings. The van der Waals surface area contributed by atoms with Crippen molar-refractivity contribution in [3.05, 3.63) is 24.3 Å². The molecule has 8 heteroatoms. The number of carbonyl (C=O) groups is 2. The van der Waals surface area contributed by atoms with Crippen LogP contribution in [0.2, 0.25) is 0 Å². The molecular weight excluding hydrogens is 286 g/mol. The van der Waals surface area contributed by atoms with E-state index in [1.54, 1.807) is 13.8 Å². The zero-order chi connectivity index (χ0) is 15.8. The second kappa shape index (κ2) is 8.49. The summed E-state index contributed by atoms with van der Waals surface area (Å²) in [6.07, 6.45) is 2.79. The summed E-state index contributed by atoms with van der Waals surface area (Å²) in [6.45, 7) is 6.20. The van der Waals surface area contributed by atoms with Crippen molar-refractivity contribution < 1.29 is 26.9 Å². The minimum absolute atomic E-state index is 0.191. The summed E-state index contributed by atoms with van der Waals surface area (Å²) >= 11 is 0. The van der Waals surface area contributed by atoms with Gasteiger partial charge in [-0.05, 0) is 26.3 Å². The summed E-state index contributed by atoms with van der Waals surface area (Å²) in [6, 6.07) is 0. The Kier molecular flexibility index (Phi) is 7.78. The molecule has 1 unspecified atom stereocenters. The van der Waals surface area contributed by atoms with Crippen LogP contribution in [0.4, 0.5) is 0 Å². The molecule has 0 aromatic heterocycles. The number of amides is 1. The average Bonchev–Trinajstić information content (AvgIpc) is 2.41. The van der Waals surface area contributed by atoms with E-state index in [9.17, 15) is 18.0 Å². The zero-order valence-electron chi connectivity index (χ0n) is 11.7. The van der Waals surface area contributed by atoms with Crippen LogP contribution in [0.1, 0.15) is 20.3 Å². The highest BCUT2D eigenvalue weighted by atomic mass is 32.2. The van der Waals surface area contributed by atoms with E-state index in [2.05, 4.69) is 20.8 Å². The van der Waals surface area contributed by atoms with Crippen LogP contribution < -0.4 is 5.32 Å². The van der Waals surface area contributed by atoms with Crippen LogP contribution in [0.25, 0.3) is 0 Å². The number of carbonyl (C=O) groups excluding carboxylic acids is 2. The number of thiol groups is 1. The summed E-state index contributed by atoms with van der Waals surface area (Å²) in [4.78, 5) is 22.6. The van der Waals surface area contributed by atoms with Gasteiger partial charge in [-0.3, -0.25) is 8.98 Å². The monoisotopic (exact) mass is 305 g/mol. The molecule has 0 heterocycles. The number of hydrogen-bond acceptors (Lipinski definition) is 6. The van der Waals surface area contributed by atoms with Gasteiger partial charge in [0, 0.05) is 5.57 Å². The summed E-state index contributed by atoms with van der Waals surface area (Å²) in [5, 5.41) is 2.56. The molecule has 20 heavy (non-hydrogen) atoms. The van der Waals surface area contributed by atoms with Crippen molar-refractivity contribution in [2.75, 3.05) is 13.7 Å². The molecule has 0 aliphatic heterocycles. The van der Waals surface area contributed by atoms with E-state index < -0.39 is 28.4 Å². The van der Waals surface area contributed by atoms with Crippen LogP contribution in [0.3, 0.4) is 0 Å². The number of methoxy groups -OCH3 is 1. The van der Waals surface area contributed by atoms with E-state index in [1.165, 1.54) is 13.2 Å². The molecule has 1 atom stereocenters. The van der Waals surface area contributed by atoms with Crippen LogP contribution in [0.15, 0.2) is 24.3 Å². The first-order chi connectivity index (χ1) is 9.24. The molecule has 0 saturated heterocycles. The Morgan fingerprint density at radius 3 is 2.45 bits per heavy atom. The Morgan fingerprint density at radius 2 is 2.00 bits per heavy atom. The number of hydrogen-bond donors (Lipinski definition) is 2. The number of rotatable bonds is 8. The Bertz CT molecular complexity index is 474. The highest BCUT2D eigenvalue weighted by Crippen LogP contribution is 2.14. The third-order valence-corrected chi connectivity index (χ3v) is 2.80. The van der Waals surface area contributed by atoms with E-state index in [0.717, 1.165) is 6.08 Å². The molecule has 0 radical (unpaired) electrons. The van der Waals surface area contributed by atoms with E-state index in [4.69, 9.17) is 0 Å². The molecule has 0 aliphatic rings. The molecule has 0 aliphatic carbocycles. The normalized spacial score (nSPS) is 14.5. The highest BCUT2D eigenvalue weighted by Gasteiger charge is 2.26. The molecule has 0 aromatic carbocycles. The molecule has 0 saturated carbocycles. The summed E-state index contributed by atoms with van der Waals surface area (Å²) in [5.74, 6) is -0.973. The first-order valence-corrected chi connectivity index (χ1v) is 6.80. The largest absolute Gasteiger partial charge is 0.466 e. The maximum Gasteiger partial charge on any atom is 0.333 e. The number of esters is 1. The lowest BCUT2D eigenvalue weighted by atomic mass is 9.97. The van der Waals surface area contributed by atoms with E-state index in [1.807, 2.05) is 0 Å². The minimum atomic E-state index is -3.03. The fourth-order valence-electron chi connectivity index (χ4n) is 1.31. The molecule has 114 valence electrons. The lowest BCUT2D eigenvalue weighted by Gasteiger charge is -2.28. The summed E-state index contributed by atoms with van der Waals surface area (Å²) in [7, 11) is -1.77. The lowest BCUT2D eigenvalue weighted by Crippen LogP contribution is -2.48. The fourth-order valence-corrected chi connectivity index (χ4v) is 1.70. The Balaban J connectivity index is 4.96. The van der Waals surface area contributed by atoms with Crippen molar-refractivity contribution in [1.29, 1.82) is 0 Å². The standard InChI is InChI=1S/C12H19NO6S/c1-5-10(14)13-12(3,8-19-20(16)17)7-6-9(2)11(15)18-4/h5-6,20H,1,7-8H2,2-4H3,(H,13,14). The van der Waals surface area contributed by atoms with Gasteiger partial charge in [-0.15, -0.1) is 0 Å². The summed E-state index contributed by atoms with van der Waals surface area (Å²) < 4.78 is 30.0. The van der Waals surface area contributed by atoms with Crippen molar-refractivity contribution in [3.63, 3.8) is 0 Å². The zero-order valence-corrected chi connectivity index (χ0v) is 12.6. The minimum Gasteiger partial charge on any atom is -0.466 e. The smallest absolute Gasteiger partial charge is 0.333 e. The molecule has 1 amide bonds. The van der Waals surface area contributed by atoms with Gasteiger partial charge in [-0.2, -0.15) is 0 Å². The average molecular weight is 305 g/mol. The van der Waals surface area contributed by atoms with Gasteiger partial charge in [-0.1, -0.05) is 12.7 Å². The highest BCUT2D eigenvalue weighted by molar-refractivity contribution is 7.67. The van der Waals surface area contributed by atoms with Gasteiger partial charge in [-0.25, -0.2) is 13.2 Å². The molecule has 7 nitrogen and oxygen atoms in total. The lowest BCUT2D eigenvalue weighted by molar-refractivity contribution is -0.136. The quantitative estimate of drug-likeness (QED) is 0.375. The maximum absolute atomic E-state index is 11.4. The molecular formula is C12H19NO6S. The van der Waals surface area contributed by atoms with Crippen molar-refractivity contribution in [1.82, 2.24) is 5.32 Å². The Morgan fingerprint density at radius 1 is 1.40 bits per heavy atom. The van der Waals surface area contributed by atoms with E-state index in [0.29, 0.717) is 5.57 Å². The fraction of sp³-hybridized carbons (Fsp3) is 0.500. The van der Waals surface area contributed by atoms with E-state index in [-0.39, 0.29) is 13.0 Å².